The molecule has 55 heavy (non-hydrogen) atoms. The van der Waals surface area contributed by atoms with Crippen LogP contribution in [0.1, 0.15) is 0 Å². The van der Waals surface area contributed by atoms with E-state index in [1.165, 1.54) is 33.0 Å². The molecule has 2 heterocycles. The molecule has 0 N–H and O–H groups in total. The number of hydrogen-bond acceptors (Lipinski definition) is 3. The van der Waals surface area contributed by atoms with E-state index in [1.807, 2.05) is 24.3 Å². The number of para-hydroxylation sites is 3. The molecule has 0 aliphatic carbocycles. The minimum atomic E-state index is 0.864. The molecule has 0 aliphatic heterocycles. The van der Waals surface area contributed by atoms with Gasteiger partial charge in [0, 0.05) is 32.9 Å². The minimum absolute atomic E-state index is 0.864. The van der Waals surface area contributed by atoms with Crippen molar-refractivity contribution >= 4 is 71.7 Å². The summed E-state index contributed by atoms with van der Waals surface area (Å²) < 4.78 is 12.6. The second kappa shape index (κ2) is 12.6. The van der Waals surface area contributed by atoms with Gasteiger partial charge in [-0.05, 0) is 98.8 Å². The van der Waals surface area contributed by atoms with Crippen molar-refractivity contribution in [3.05, 3.63) is 200 Å². The van der Waals surface area contributed by atoms with E-state index in [4.69, 9.17) is 8.83 Å². The summed E-state index contributed by atoms with van der Waals surface area (Å²) in [5.41, 5.74) is 13.7. The Morgan fingerprint density at radius 1 is 0.309 bits per heavy atom. The average Bonchev–Trinajstić information content (AvgIpc) is 3.83. The number of hydrogen-bond donors (Lipinski definition) is 0. The van der Waals surface area contributed by atoms with E-state index in [0.29, 0.717) is 0 Å². The van der Waals surface area contributed by atoms with E-state index in [-0.39, 0.29) is 0 Å². The molecule has 0 saturated heterocycles. The second-order valence-electron chi connectivity index (χ2n) is 14.1. The van der Waals surface area contributed by atoms with E-state index in [0.717, 1.165) is 72.1 Å². The van der Waals surface area contributed by atoms with Gasteiger partial charge in [0.2, 0.25) is 0 Å². The van der Waals surface area contributed by atoms with Gasteiger partial charge in [-0.1, -0.05) is 146 Å². The van der Waals surface area contributed by atoms with E-state index >= 15 is 0 Å². The third-order valence-electron chi connectivity index (χ3n) is 10.9. The lowest BCUT2D eigenvalue weighted by molar-refractivity contribution is 0.668. The van der Waals surface area contributed by atoms with Gasteiger partial charge < -0.3 is 13.7 Å². The zero-order chi connectivity index (χ0) is 36.3. The molecule has 0 aliphatic rings. The molecule has 3 heteroatoms. The van der Waals surface area contributed by atoms with E-state index in [1.54, 1.807) is 0 Å². The van der Waals surface area contributed by atoms with Crippen molar-refractivity contribution in [1.29, 1.82) is 0 Å². The fourth-order valence-electron chi connectivity index (χ4n) is 8.17. The smallest absolute Gasteiger partial charge is 0.159 e. The van der Waals surface area contributed by atoms with Crippen LogP contribution in [0.3, 0.4) is 0 Å². The fraction of sp³-hybridized carbons (Fsp3) is 0. The average molecular weight is 704 g/mol. The van der Waals surface area contributed by atoms with Gasteiger partial charge in [-0.25, -0.2) is 0 Å². The molecule has 11 rings (SSSR count). The number of anilines is 3. The van der Waals surface area contributed by atoms with Crippen LogP contribution in [0, 0.1) is 0 Å². The van der Waals surface area contributed by atoms with Crippen LogP contribution < -0.4 is 4.90 Å². The SMILES string of the molecule is c1ccc2c(-c3ccc(N(c4ccc(-c5ccc(-c6ccc7oc8ccccc8c7c6)cc5)cc4)c4cccc5c4oc4ccccc45)cc3)cccc2c1. The van der Waals surface area contributed by atoms with Crippen molar-refractivity contribution in [2.45, 2.75) is 0 Å². The Hall–Kier alpha value is -7.36. The maximum absolute atomic E-state index is 6.58. The van der Waals surface area contributed by atoms with Crippen LogP contribution >= 0.6 is 0 Å². The number of furan rings is 2. The number of fused-ring (bicyclic) bond motifs is 7. The first-order valence-electron chi connectivity index (χ1n) is 18.7. The molecular weight excluding hydrogens is 671 g/mol. The molecule has 0 spiro atoms. The molecule has 3 nitrogen and oxygen atoms in total. The van der Waals surface area contributed by atoms with Gasteiger partial charge in [-0.15, -0.1) is 0 Å². The first-order chi connectivity index (χ1) is 27.2. The maximum Gasteiger partial charge on any atom is 0.159 e. The molecule has 9 aromatic carbocycles. The van der Waals surface area contributed by atoms with Crippen LogP contribution in [0.25, 0.3) is 88.0 Å². The minimum Gasteiger partial charge on any atom is -0.456 e. The zero-order valence-electron chi connectivity index (χ0n) is 29.8. The van der Waals surface area contributed by atoms with Crippen molar-refractivity contribution in [1.82, 2.24) is 0 Å². The third kappa shape index (κ3) is 5.28. The molecule has 11 aromatic rings. The monoisotopic (exact) mass is 703 g/mol. The van der Waals surface area contributed by atoms with Gasteiger partial charge in [0.05, 0.1) is 5.69 Å². The molecule has 0 bridgehead atoms. The van der Waals surface area contributed by atoms with Gasteiger partial charge in [0.15, 0.2) is 5.58 Å². The highest BCUT2D eigenvalue weighted by atomic mass is 16.3. The summed E-state index contributed by atoms with van der Waals surface area (Å²) in [5.74, 6) is 0. The van der Waals surface area contributed by atoms with Gasteiger partial charge in [-0.3, -0.25) is 0 Å². The maximum atomic E-state index is 6.58. The van der Waals surface area contributed by atoms with Crippen molar-refractivity contribution in [3.8, 4) is 33.4 Å². The molecule has 0 atom stereocenters. The summed E-state index contributed by atoms with van der Waals surface area (Å²) >= 11 is 0. The standard InChI is InChI=1S/C52H33NO2/c1-2-11-42-37(9-1)10-7-14-43(42)38-25-30-41(31-26-38)53(48-16-8-15-46-44-12-3-6-18-50(44)55-52(46)48)40-28-23-35(24-29-40)34-19-21-36(22-20-34)39-27-32-51-47(33-39)45-13-4-5-17-49(45)54-51/h1-33H. The molecule has 0 saturated carbocycles. The highest BCUT2D eigenvalue weighted by Gasteiger charge is 2.20. The van der Waals surface area contributed by atoms with Gasteiger partial charge >= 0.3 is 0 Å². The summed E-state index contributed by atoms with van der Waals surface area (Å²) in [4.78, 5) is 2.31. The molecule has 0 unspecified atom stereocenters. The molecular formula is C52H33NO2. The highest BCUT2D eigenvalue weighted by Crippen LogP contribution is 2.43. The first kappa shape index (κ1) is 31.2. The molecule has 0 fully saturated rings. The summed E-state index contributed by atoms with van der Waals surface area (Å²) in [7, 11) is 0. The quantitative estimate of drug-likeness (QED) is 0.173. The predicted octanol–water partition coefficient (Wildman–Crippen LogP) is 15.1. The number of benzene rings is 9. The Morgan fingerprint density at radius 3 is 1.53 bits per heavy atom. The van der Waals surface area contributed by atoms with Gasteiger partial charge in [-0.2, -0.15) is 0 Å². The highest BCUT2D eigenvalue weighted by molar-refractivity contribution is 6.10. The Kier molecular flexibility index (Phi) is 7.17. The van der Waals surface area contributed by atoms with E-state index < -0.39 is 0 Å². The number of nitrogens with zero attached hydrogens (tertiary/aromatic N) is 1. The zero-order valence-corrected chi connectivity index (χ0v) is 29.8. The molecule has 0 radical (unpaired) electrons. The lowest BCUT2D eigenvalue weighted by atomic mass is 9.98. The van der Waals surface area contributed by atoms with Crippen LogP contribution in [0.2, 0.25) is 0 Å². The normalized spacial score (nSPS) is 11.6. The summed E-state index contributed by atoms with van der Waals surface area (Å²) in [6.45, 7) is 0. The summed E-state index contributed by atoms with van der Waals surface area (Å²) in [5, 5.41) is 6.98. The van der Waals surface area contributed by atoms with Crippen LogP contribution in [0.15, 0.2) is 209 Å². The van der Waals surface area contributed by atoms with Crippen LogP contribution in [-0.2, 0) is 0 Å². The van der Waals surface area contributed by atoms with Crippen LogP contribution in [0.5, 0.6) is 0 Å². The third-order valence-corrected chi connectivity index (χ3v) is 10.9. The lowest BCUT2D eigenvalue weighted by Gasteiger charge is -2.26. The molecule has 258 valence electrons. The lowest BCUT2D eigenvalue weighted by Crippen LogP contribution is -2.10. The van der Waals surface area contributed by atoms with Crippen molar-refractivity contribution in [2.75, 3.05) is 4.90 Å². The second-order valence-corrected chi connectivity index (χ2v) is 14.1. The topological polar surface area (TPSA) is 29.5 Å². The van der Waals surface area contributed by atoms with Gasteiger partial charge in [0.1, 0.15) is 16.7 Å². The van der Waals surface area contributed by atoms with Gasteiger partial charge in [0.25, 0.3) is 0 Å². The van der Waals surface area contributed by atoms with Crippen molar-refractivity contribution < 1.29 is 8.83 Å². The largest absolute Gasteiger partial charge is 0.456 e. The Balaban J connectivity index is 0.968. The van der Waals surface area contributed by atoms with Crippen molar-refractivity contribution in [3.63, 3.8) is 0 Å². The molecule has 2 aromatic heterocycles. The Labute approximate surface area is 317 Å². The van der Waals surface area contributed by atoms with E-state index in [2.05, 4.69) is 181 Å². The van der Waals surface area contributed by atoms with E-state index in [9.17, 15) is 0 Å². The number of rotatable bonds is 6. The summed E-state index contributed by atoms with van der Waals surface area (Å²) in [6.07, 6.45) is 0. The predicted molar refractivity (Wildman–Crippen MR) is 229 cm³/mol. The Morgan fingerprint density at radius 2 is 0.800 bits per heavy atom. The van der Waals surface area contributed by atoms with Crippen molar-refractivity contribution in [2.24, 2.45) is 0 Å². The Bertz CT molecular complexity index is 3180. The van der Waals surface area contributed by atoms with Crippen LogP contribution in [-0.4, -0.2) is 0 Å². The first-order valence-corrected chi connectivity index (χ1v) is 18.7. The summed E-state index contributed by atoms with van der Waals surface area (Å²) in [6, 6.07) is 71.0. The molecule has 0 amide bonds. The fourth-order valence-corrected chi connectivity index (χ4v) is 8.17. The van der Waals surface area contributed by atoms with Crippen LogP contribution in [0.4, 0.5) is 17.1 Å².